The molecule has 7 heteroatoms. The molecule has 0 unspecified atom stereocenters. The van der Waals surface area contributed by atoms with Crippen LogP contribution in [0.3, 0.4) is 0 Å². The third-order valence-electron chi connectivity index (χ3n) is 4.47. The predicted molar refractivity (Wildman–Crippen MR) is 131 cm³/mol. The Balaban J connectivity index is 1.59. The Morgan fingerprint density at radius 2 is 2.06 bits per heavy atom. The highest BCUT2D eigenvalue weighted by Crippen LogP contribution is 2.29. The third kappa shape index (κ3) is 6.94. The lowest BCUT2D eigenvalue weighted by Gasteiger charge is -2.11. The van der Waals surface area contributed by atoms with Gasteiger partial charge in [0, 0.05) is 21.5 Å². The molecule has 0 saturated carbocycles. The maximum atomic E-state index is 12.3. The van der Waals surface area contributed by atoms with Gasteiger partial charge >= 0.3 is 0 Å². The predicted octanol–water partition coefficient (Wildman–Crippen LogP) is 6.80. The first-order valence-electron chi connectivity index (χ1n) is 10.1. The molecular formula is C24H25BrN2O3S. The number of carbonyl (C=O) groups is 1. The number of anilines is 1. The summed E-state index contributed by atoms with van der Waals surface area (Å²) in [6.07, 6.45) is 6.53. The molecule has 1 aromatic heterocycles. The van der Waals surface area contributed by atoms with E-state index < -0.39 is 0 Å². The number of unbranched alkanes of at least 4 members (excludes halogenated alkanes) is 2. The van der Waals surface area contributed by atoms with E-state index in [9.17, 15) is 4.79 Å². The molecule has 0 fully saturated rings. The van der Waals surface area contributed by atoms with Crippen molar-refractivity contribution in [1.82, 2.24) is 4.98 Å². The number of hydrogen-bond acceptors (Lipinski definition) is 5. The number of benzene rings is 2. The molecule has 3 rings (SSSR count). The summed E-state index contributed by atoms with van der Waals surface area (Å²) in [6.45, 7) is 2.82. The Bertz CT molecular complexity index is 1050. The van der Waals surface area contributed by atoms with Crippen molar-refractivity contribution in [3.8, 4) is 22.8 Å². The third-order valence-corrected chi connectivity index (χ3v) is 5.73. The molecule has 162 valence electrons. The SMILES string of the molecule is CCCCCOc1ccc(/C=C/C(=O)Nc2nc(-c3cccc(Br)c3)cs2)cc1OC. The van der Waals surface area contributed by atoms with Crippen molar-refractivity contribution in [2.45, 2.75) is 26.2 Å². The highest BCUT2D eigenvalue weighted by Gasteiger charge is 2.08. The molecule has 3 aromatic rings. The van der Waals surface area contributed by atoms with Crippen molar-refractivity contribution in [1.29, 1.82) is 0 Å². The van der Waals surface area contributed by atoms with Gasteiger partial charge in [0.1, 0.15) is 0 Å². The van der Waals surface area contributed by atoms with Gasteiger partial charge in [0.25, 0.3) is 0 Å². The van der Waals surface area contributed by atoms with Gasteiger partial charge in [0.05, 0.1) is 19.4 Å². The molecule has 1 heterocycles. The number of halogens is 1. The van der Waals surface area contributed by atoms with Gasteiger partial charge in [-0.2, -0.15) is 0 Å². The second kappa shape index (κ2) is 11.7. The zero-order valence-electron chi connectivity index (χ0n) is 17.6. The molecule has 1 amide bonds. The van der Waals surface area contributed by atoms with Crippen LogP contribution < -0.4 is 14.8 Å². The number of nitrogens with zero attached hydrogens (tertiary/aromatic N) is 1. The number of rotatable bonds is 10. The second-order valence-electron chi connectivity index (χ2n) is 6.84. The first-order chi connectivity index (χ1) is 15.1. The molecule has 0 saturated heterocycles. The molecule has 0 radical (unpaired) electrons. The minimum Gasteiger partial charge on any atom is -0.493 e. The highest BCUT2D eigenvalue weighted by molar-refractivity contribution is 9.10. The van der Waals surface area contributed by atoms with Crippen molar-refractivity contribution in [3.63, 3.8) is 0 Å². The van der Waals surface area contributed by atoms with E-state index in [1.807, 2.05) is 47.8 Å². The van der Waals surface area contributed by atoms with Crippen LogP contribution in [0.2, 0.25) is 0 Å². The van der Waals surface area contributed by atoms with Gasteiger partial charge < -0.3 is 9.47 Å². The Morgan fingerprint density at radius 3 is 2.84 bits per heavy atom. The summed E-state index contributed by atoms with van der Waals surface area (Å²) in [5.74, 6) is 1.12. The Hall–Kier alpha value is -2.64. The maximum absolute atomic E-state index is 12.3. The van der Waals surface area contributed by atoms with Gasteiger partial charge in [-0.15, -0.1) is 11.3 Å². The van der Waals surface area contributed by atoms with Crippen LogP contribution in [0.25, 0.3) is 17.3 Å². The second-order valence-corrected chi connectivity index (χ2v) is 8.61. The standard InChI is InChI=1S/C24H25BrN2O3S/c1-3-4-5-13-30-21-11-9-17(14-22(21)29-2)10-12-23(28)27-24-26-20(16-31-24)18-7-6-8-19(25)15-18/h6-12,14-16H,3-5,13H2,1-2H3,(H,26,27,28)/b12-10+. The van der Waals surface area contributed by atoms with Gasteiger partial charge in [-0.25, -0.2) is 4.98 Å². The number of ether oxygens (including phenoxy) is 2. The molecule has 0 spiro atoms. The van der Waals surface area contributed by atoms with Gasteiger partial charge in [0.2, 0.25) is 5.91 Å². The number of nitrogens with one attached hydrogen (secondary N) is 1. The van der Waals surface area contributed by atoms with E-state index in [1.54, 1.807) is 13.2 Å². The van der Waals surface area contributed by atoms with Crippen LogP contribution in [0, 0.1) is 0 Å². The van der Waals surface area contributed by atoms with Crippen LogP contribution in [0.15, 0.2) is 58.4 Å². The van der Waals surface area contributed by atoms with Crippen LogP contribution in [-0.4, -0.2) is 24.6 Å². The molecule has 2 aromatic carbocycles. The summed E-state index contributed by atoms with van der Waals surface area (Å²) in [5.41, 5.74) is 2.66. The van der Waals surface area contributed by atoms with Crippen LogP contribution in [0.1, 0.15) is 31.7 Å². The van der Waals surface area contributed by atoms with Gasteiger partial charge in [-0.05, 0) is 42.3 Å². The topological polar surface area (TPSA) is 60.5 Å². The lowest BCUT2D eigenvalue weighted by Crippen LogP contribution is -2.07. The average molecular weight is 501 g/mol. The molecule has 31 heavy (non-hydrogen) atoms. The Kier molecular flexibility index (Phi) is 8.67. The van der Waals surface area contributed by atoms with Crippen LogP contribution in [0.4, 0.5) is 5.13 Å². The average Bonchev–Trinajstić information content (AvgIpc) is 3.24. The smallest absolute Gasteiger partial charge is 0.250 e. The van der Waals surface area contributed by atoms with Crippen LogP contribution in [-0.2, 0) is 4.79 Å². The molecule has 0 aliphatic carbocycles. The summed E-state index contributed by atoms with van der Waals surface area (Å²) in [5, 5.41) is 5.29. The minimum atomic E-state index is -0.242. The summed E-state index contributed by atoms with van der Waals surface area (Å²) < 4.78 is 12.2. The lowest BCUT2D eigenvalue weighted by molar-refractivity contribution is -0.111. The quantitative estimate of drug-likeness (QED) is 0.245. The molecule has 0 aliphatic heterocycles. The fourth-order valence-corrected chi connectivity index (χ4v) is 3.99. The number of carbonyl (C=O) groups excluding carboxylic acids is 1. The highest BCUT2D eigenvalue weighted by atomic mass is 79.9. The molecule has 0 atom stereocenters. The van der Waals surface area contributed by atoms with Gasteiger partial charge in [-0.1, -0.05) is 53.9 Å². The summed E-state index contributed by atoms with van der Waals surface area (Å²) in [6, 6.07) is 13.5. The summed E-state index contributed by atoms with van der Waals surface area (Å²) in [7, 11) is 1.61. The molecule has 1 N–H and O–H groups in total. The van der Waals surface area contributed by atoms with Crippen LogP contribution in [0.5, 0.6) is 11.5 Å². The Morgan fingerprint density at radius 1 is 1.19 bits per heavy atom. The lowest BCUT2D eigenvalue weighted by atomic mass is 10.2. The minimum absolute atomic E-state index is 0.242. The first-order valence-corrected chi connectivity index (χ1v) is 11.8. The van der Waals surface area contributed by atoms with Crippen molar-refractivity contribution >= 4 is 44.4 Å². The normalized spacial score (nSPS) is 10.9. The van der Waals surface area contributed by atoms with E-state index in [4.69, 9.17) is 9.47 Å². The zero-order chi connectivity index (χ0) is 22.1. The monoisotopic (exact) mass is 500 g/mol. The van der Waals surface area contributed by atoms with Crippen molar-refractivity contribution in [2.24, 2.45) is 0 Å². The van der Waals surface area contributed by atoms with E-state index in [-0.39, 0.29) is 5.91 Å². The van der Waals surface area contributed by atoms with Crippen molar-refractivity contribution in [2.75, 3.05) is 19.0 Å². The Labute approximate surface area is 195 Å². The molecule has 5 nitrogen and oxygen atoms in total. The summed E-state index contributed by atoms with van der Waals surface area (Å²) >= 11 is 4.85. The van der Waals surface area contributed by atoms with E-state index in [0.29, 0.717) is 23.2 Å². The molecular weight excluding hydrogens is 476 g/mol. The van der Waals surface area contributed by atoms with Gasteiger partial charge in [-0.3, -0.25) is 10.1 Å². The molecule has 0 bridgehead atoms. The first kappa shape index (κ1) is 23.0. The number of aromatic nitrogens is 1. The van der Waals surface area contributed by atoms with Gasteiger partial charge in [0.15, 0.2) is 16.6 Å². The maximum Gasteiger partial charge on any atom is 0.250 e. The number of thiazole rings is 1. The summed E-state index contributed by atoms with van der Waals surface area (Å²) in [4.78, 5) is 16.8. The zero-order valence-corrected chi connectivity index (χ0v) is 20.0. The number of hydrogen-bond donors (Lipinski definition) is 1. The van der Waals surface area contributed by atoms with E-state index in [2.05, 4.69) is 33.2 Å². The largest absolute Gasteiger partial charge is 0.493 e. The number of amides is 1. The van der Waals surface area contributed by atoms with E-state index in [0.717, 1.165) is 40.6 Å². The number of methoxy groups -OCH3 is 1. The van der Waals surface area contributed by atoms with Crippen LogP contribution >= 0.6 is 27.3 Å². The van der Waals surface area contributed by atoms with E-state index in [1.165, 1.54) is 17.4 Å². The van der Waals surface area contributed by atoms with E-state index >= 15 is 0 Å². The fourth-order valence-electron chi connectivity index (χ4n) is 2.87. The fraction of sp³-hybridized carbons (Fsp3) is 0.250. The van der Waals surface area contributed by atoms with Crippen molar-refractivity contribution in [3.05, 3.63) is 64.0 Å². The molecule has 0 aliphatic rings. The van der Waals surface area contributed by atoms with Crippen molar-refractivity contribution < 1.29 is 14.3 Å².